The molecule has 0 spiro atoms. The first-order chi connectivity index (χ1) is 13.3. The van der Waals surface area contributed by atoms with Crippen LogP contribution in [0.3, 0.4) is 0 Å². The number of nitrogens with zero attached hydrogens (tertiary/aromatic N) is 1. The second-order valence-electron chi connectivity index (χ2n) is 9.64. The van der Waals surface area contributed by atoms with Crippen molar-refractivity contribution in [2.24, 2.45) is 0 Å². The Hall–Kier alpha value is -2.08. The fourth-order valence-electron chi connectivity index (χ4n) is 3.41. The molecule has 1 saturated heterocycles. The Morgan fingerprint density at radius 2 is 1.59 bits per heavy atom. The summed E-state index contributed by atoms with van der Waals surface area (Å²) < 4.78 is 16.4. The molecule has 1 aliphatic heterocycles. The van der Waals surface area contributed by atoms with E-state index in [2.05, 4.69) is 4.90 Å². The van der Waals surface area contributed by atoms with Gasteiger partial charge < -0.3 is 14.2 Å². The Bertz CT molecular complexity index is 714. The molecule has 1 fully saturated rings. The number of esters is 2. The van der Waals surface area contributed by atoms with Crippen molar-refractivity contribution in [3.8, 4) is 5.75 Å². The summed E-state index contributed by atoms with van der Waals surface area (Å²) in [7, 11) is 1.63. The van der Waals surface area contributed by atoms with Crippen molar-refractivity contribution >= 4 is 11.9 Å². The van der Waals surface area contributed by atoms with Gasteiger partial charge in [-0.2, -0.15) is 0 Å². The molecule has 0 aliphatic carbocycles. The summed E-state index contributed by atoms with van der Waals surface area (Å²) in [5.41, 5.74) is -0.851. The van der Waals surface area contributed by atoms with Crippen LogP contribution in [0.2, 0.25) is 0 Å². The van der Waals surface area contributed by atoms with E-state index in [1.54, 1.807) is 7.11 Å². The minimum Gasteiger partial charge on any atom is -0.497 e. The number of rotatable bonds is 7. The van der Waals surface area contributed by atoms with E-state index in [0.717, 1.165) is 17.9 Å². The van der Waals surface area contributed by atoms with Gasteiger partial charge in [0.15, 0.2) is 0 Å². The zero-order chi connectivity index (χ0) is 21.9. The Morgan fingerprint density at radius 3 is 2.03 bits per heavy atom. The minimum atomic E-state index is -0.801. The van der Waals surface area contributed by atoms with Gasteiger partial charge in [-0.1, -0.05) is 12.1 Å². The molecular weight excluding hydrogens is 370 g/mol. The van der Waals surface area contributed by atoms with E-state index in [1.165, 1.54) is 0 Å². The SMILES string of the molecule is COc1ccc(CN2CCC2(CCC(=O)OC(C)(C)C)C(=O)OC(C)(C)C)cc1. The van der Waals surface area contributed by atoms with Gasteiger partial charge in [0.2, 0.25) is 0 Å². The molecule has 0 bridgehead atoms. The Kier molecular flexibility index (Phi) is 6.99. The highest BCUT2D eigenvalue weighted by Gasteiger charge is 2.53. The van der Waals surface area contributed by atoms with Gasteiger partial charge in [0, 0.05) is 19.5 Å². The normalized spacial score (nSPS) is 20.0. The predicted molar refractivity (Wildman–Crippen MR) is 112 cm³/mol. The average molecular weight is 406 g/mol. The predicted octanol–water partition coefficient (Wildman–Crippen LogP) is 4.10. The van der Waals surface area contributed by atoms with Crippen molar-refractivity contribution in [2.75, 3.05) is 13.7 Å². The largest absolute Gasteiger partial charge is 0.497 e. The quantitative estimate of drug-likeness (QED) is 0.636. The van der Waals surface area contributed by atoms with E-state index in [9.17, 15) is 9.59 Å². The molecule has 0 amide bonds. The lowest BCUT2D eigenvalue weighted by Gasteiger charge is -2.51. The van der Waals surface area contributed by atoms with Crippen LogP contribution in [0.1, 0.15) is 66.4 Å². The lowest BCUT2D eigenvalue weighted by atomic mass is 9.79. The van der Waals surface area contributed by atoms with Gasteiger partial charge in [-0.25, -0.2) is 0 Å². The maximum absolute atomic E-state index is 13.1. The molecule has 0 saturated carbocycles. The number of methoxy groups -OCH3 is 1. The van der Waals surface area contributed by atoms with Crippen LogP contribution in [-0.2, 0) is 25.6 Å². The first-order valence-electron chi connectivity index (χ1n) is 10.2. The van der Waals surface area contributed by atoms with E-state index < -0.39 is 16.7 Å². The third-order valence-corrected chi connectivity index (χ3v) is 4.87. The maximum atomic E-state index is 13.1. The molecule has 0 radical (unpaired) electrons. The molecule has 1 atom stereocenters. The summed E-state index contributed by atoms with van der Waals surface area (Å²) in [5.74, 6) is 0.228. The van der Waals surface area contributed by atoms with Crippen molar-refractivity contribution < 1.29 is 23.8 Å². The zero-order valence-corrected chi connectivity index (χ0v) is 18.8. The Balaban J connectivity index is 2.15. The Labute approximate surface area is 174 Å². The van der Waals surface area contributed by atoms with E-state index in [0.29, 0.717) is 19.4 Å². The number of hydrogen-bond donors (Lipinski definition) is 0. The summed E-state index contributed by atoms with van der Waals surface area (Å²) >= 11 is 0. The number of carbonyl (C=O) groups is 2. The third-order valence-electron chi connectivity index (χ3n) is 4.87. The van der Waals surface area contributed by atoms with Crippen molar-refractivity contribution in [3.05, 3.63) is 29.8 Å². The molecule has 1 aromatic rings. The topological polar surface area (TPSA) is 65.1 Å². The summed E-state index contributed by atoms with van der Waals surface area (Å²) in [4.78, 5) is 27.5. The zero-order valence-electron chi connectivity index (χ0n) is 18.8. The van der Waals surface area contributed by atoms with Crippen LogP contribution in [0.4, 0.5) is 0 Å². The fourth-order valence-corrected chi connectivity index (χ4v) is 3.41. The van der Waals surface area contributed by atoms with Gasteiger partial charge >= 0.3 is 11.9 Å². The molecule has 29 heavy (non-hydrogen) atoms. The van der Waals surface area contributed by atoms with Crippen LogP contribution in [-0.4, -0.2) is 47.2 Å². The third kappa shape index (κ3) is 6.46. The molecule has 2 rings (SSSR count). The van der Waals surface area contributed by atoms with Crippen LogP contribution in [0.5, 0.6) is 5.75 Å². The smallest absolute Gasteiger partial charge is 0.327 e. The second kappa shape index (κ2) is 8.74. The maximum Gasteiger partial charge on any atom is 0.327 e. The van der Waals surface area contributed by atoms with Crippen LogP contribution in [0.25, 0.3) is 0 Å². The van der Waals surface area contributed by atoms with E-state index >= 15 is 0 Å². The average Bonchev–Trinajstić information content (AvgIpc) is 2.56. The number of likely N-dealkylation sites (tertiary alicyclic amines) is 1. The minimum absolute atomic E-state index is 0.176. The first kappa shape index (κ1) is 23.2. The molecule has 162 valence electrons. The standard InChI is InChI=1S/C23H35NO5/c1-21(2,3)28-19(25)12-13-23(20(26)29-22(4,5)6)14-15-24(23)16-17-8-10-18(27-7)11-9-17/h8-11H,12-16H2,1-7H3. The molecule has 0 aromatic heterocycles. The van der Waals surface area contributed by atoms with Crippen molar-refractivity contribution in [1.29, 1.82) is 0 Å². The number of ether oxygens (including phenoxy) is 3. The van der Waals surface area contributed by atoms with Crippen LogP contribution in [0.15, 0.2) is 24.3 Å². The van der Waals surface area contributed by atoms with Gasteiger partial charge in [0.05, 0.1) is 7.11 Å². The van der Waals surface area contributed by atoms with Gasteiger partial charge in [0.25, 0.3) is 0 Å². The van der Waals surface area contributed by atoms with Crippen molar-refractivity contribution in [3.63, 3.8) is 0 Å². The van der Waals surface area contributed by atoms with Crippen LogP contribution < -0.4 is 4.74 Å². The lowest BCUT2D eigenvalue weighted by molar-refractivity contribution is -0.183. The highest BCUT2D eigenvalue weighted by Crippen LogP contribution is 2.39. The highest BCUT2D eigenvalue weighted by molar-refractivity contribution is 5.83. The summed E-state index contributed by atoms with van der Waals surface area (Å²) in [6.45, 7) is 12.5. The molecule has 1 heterocycles. The van der Waals surface area contributed by atoms with E-state index in [1.807, 2.05) is 65.8 Å². The van der Waals surface area contributed by atoms with Crippen LogP contribution in [0, 0.1) is 0 Å². The summed E-state index contributed by atoms with van der Waals surface area (Å²) in [6.07, 6.45) is 1.23. The number of carbonyl (C=O) groups excluding carboxylic acids is 2. The molecule has 6 nitrogen and oxygen atoms in total. The number of benzene rings is 1. The molecular formula is C23H35NO5. The first-order valence-corrected chi connectivity index (χ1v) is 10.2. The summed E-state index contributed by atoms with van der Waals surface area (Å²) in [6, 6.07) is 7.80. The van der Waals surface area contributed by atoms with E-state index in [4.69, 9.17) is 14.2 Å². The fraction of sp³-hybridized carbons (Fsp3) is 0.652. The Morgan fingerprint density at radius 1 is 1.00 bits per heavy atom. The van der Waals surface area contributed by atoms with Gasteiger partial charge in [-0.3, -0.25) is 14.5 Å². The molecule has 1 aromatic carbocycles. The molecule has 1 aliphatic rings. The number of hydrogen-bond acceptors (Lipinski definition) is 6. The van der Waals surface area contributed by atoms with Gasteiger partial charge in [-0.05, 0) is 72.1 Å². The molecule has 1 unspecified atom stereocenters. The van der Waals surface area contributed by atoms with E-state index in [-0.39, 0.29) is 18.4 Å². The van der Waals surface area contributed by atoms with Crippen LogP contribution >= 0.6 is 0 Å². The monoisotopic (exact) mass is 405 g/mol. The second-order valence-corrected chi connectivity index (χ2v) is 9.64. The van der Waals surface area contributed by atoms with Crippen molar-refractivity contribution in [2.45, 2.75) is 84.1 Å². The molecule has 6 heteroatoms. The lowest BCUT2D eigenvalue weighted by Crippen LogP contribution is -2.65. The molecule has 0 N–H and O–H groups in total. The summed E-state index contributed by atoms with van der Waals surface area (Å²) in [5, 5.41) is 0. The highest BCUT2D eigenvalue weighted by atomic mass is 16.6. The van der Waals surface area contributed by atoms with Gasteiger partial charge in [-0.15, -0.1) is 0 Å². The van der Waals surface area contributed by atoms with Crippen molar-refractivity contribution in [1.82, 2.24) is 4.90 Å². The van der Waals surface area contributed by atoms with Gasteiger partial charge in [0.1, 0.15) is 22.5 Å².